The largest absolute Gasteiger partial charge is 0.230 e. The molecule has 2 nitrogen and oxygen atoms in total. The molecule has 1 aromatic carbocycles. The number of nitrogens with zero attached hydrogens (tertiary/aromatic N) is 1. The Bertz CT molecular complexity index is 343. The smallest absolute Gasteiger partial charge is 0.172 e. The van der Waals surface area contributed by atoms with E-state index in [1.807, 2.05) is 31.2 Å². The fourth-order valence-electron chi connectivity index (χ4n) is 1.13. The highest BCUT2D eigenvalue weighted by atomic mass is 32.2. The van der Waals surface area contributed by atoms with E-state index in [9.17, 15) is 4.21 Å². The van der Waals surface area contributed by atoms with Crippen LogP contribution in [0.4, 0.5) is 0 Å². The van der Waals surface area contributed by atoms with Gasteiger partial charge in [0, 0.05) is 6.21 Å². The Hall–Kier alpha value is -0.960. The molecule has 1 aromatic rings. The van der Waals surface area contributed by atoms with Crippen molar-refractivity contribution in [2.24, 2.45) is 4.40 Å². The fourth-order valence-corrected chi connectivity index (χ4v) is 1.86. The van der Waals surface area contributed by atoms with Gasteiger partial charge >= 0.3 is 0 Å². The average Bonchev–Trinajstić information content (AvgIpc) is 2.25. The Kier molecular flexibility index (Phi) is 5.26. The molecule has 0 aliphatic carbocycles. The maximum absolute atomic E-state index is 11.6. The summed E-state index contributed by atoms with van der Waals surface area (Å²) in [6, 6.07) is 7.63. The van der Waals surface area contributed by atoms with E-state index in [4.69, 9.17) is 0 Å². The lowest BCUT2D eigenvalue weighted by molar-refractivity contribution is 0.684. The average molecular weight is 223 g/mol. The van der Waals surface area contributed by atoms with Crippen LogP contribution in [-0.2, 0) is 11.0 Å². The summed E-state index contributed by atoms with van der Waals surface area (Å²) in [4.78, 5) is 0.772. The van der Waals surface area contributed by atoms with Gasteiger partial charge in [-0.3, -0.25) is 0 Å². The van der Waals surface area contributed by atoms with Crippen LogP contribution in [0, 0.1) is 6.92 Å². The van der Waals surface area contributed by atoms with Crippen molar-refractivity contribution in [3.63, 3.8) is 0 Å². The quantitative estimate of drug-likeness (QED) is 0.556. The standard InChI is InChI=1S/C12H17NOS/c1-3-4-5-10-13-15(14)12-8-6-11(2)7-9-12/h6-10H,3-5H2,1-2H3/b13-10+/t15-/m1/s1. The molecule has 3 heteroatoms. The molecule has 0 spiro atoms. The molecule has 1 atom stereocenters. The Morgan fingerprint density at radius 2 is 2.00 bits per heavy atom. The van der Waals surface area contributed by atoms with E-state index in [-0.39, 0.29) is 0 Å². The van der Waals surface area contributed by atoms with Gasteiger partial charge in [0.25, 0.3) is 0 Å². The van der Waals surface area contributed by atoms with E-state index in [1.165, 1.54) is 5.56 Å². The monoisotopic (exact) mass is 223 g/mol. The molecule has 0 radical (unpaired) electrons. The highest BCUT2D eigenvalue weighted by molar-refractivity contribution is 7.83. The van der Waals surface area contributed by atoms with Crippen molar-refractivity contribution in [3.8, 4) is 0 Å². The summed E-state index contributed by atoms with van der Waals surface area (Å²) in [6.07, 6.45) is 4.92. The Morgan fingerprint density at radius 1 is 1.33 bits per heavy atom. The van der Waals surface area contributed by atoms with Crippen LogP contribution in [0.3, 0.4) is 0 Å². The number of benzene rings is 1. The van der Waals surface area contributed by atoms with Gasteiger partial charge < -0.3 is 0 Å². The molecule has 82 valence electrons. The molecular weight excluding hydrogens is 206 g/mol. The molecule has 0 N–H and O–H groups in total. The summed E-state index contributed by atoms with van der Waals surface area (Å²) in [5.41, 5.74) is 1.17. The van der Waals surface area contributed by atoms with Gasteiger partial charge in [-0.15, -0.1) is 0 Å². The maximum Gasteiger partial charge on any atom is 0.172 e. The number of rotatable bonds is 5. The summed E-state index contributed by atoms with van der Waals surface area (Å²) in [5, 5.41) is 0. The van der Waals surface area contributed by atoms with Crippen molar-refractivity contribution >= 4 is 17.2 Å². The molecule has 1 rings (SSSR count). The zero-order valence-corrected chi connectivity index (χ0v) is 10.1. The first-order valence-corrected chi connectivity index (χ1v) is 6.36. The van der Waals surface area contributed by atoms with Gasteiger partial charge in [0.2, 0.25) is 0 Å². The first kappa shape index (κ1) is 12.1. The SMILES string of the molecule is CCCC/C=N/[S@](=O)c1ccc(C)cc1. The molecule has 0 saturated carbocycles. The first-order chi connectivity index (χ1) is 7.24. The number of hydrogen-bond donors (Lipinski definition) is 0. The minimum absolute atomic E-state index is 0.772. The first-order valence-electron chi connectivity index (χ1n) is 5.25. The molecule has 0 aliphatic rings. The Labute approximate surface area is 94.0 Å². The van der Waals surface area contributed by atoms with E-state index in [2.05, 4.69) is 11.3 Å². The predicted octanol–water partition coefficient (Wildman–Crippen LogP) is 3.28. The second-order valence-corrected chi connectivity index (χ2v) is 4.67. The minimum Gasteiger partial charge on any atom is -0.230 e. The van der Waals surface area contributed by atoms with Crippen LogP contribution >= 0.6 is 0 Å². The highest BCUT2D eigenvalue weighted by Crippen LogP contribution is 2.08. The summed E-state index contributed by atoms with van der Waals surface area (Å²) in [7, 11) is -1.23. The lowest BCUT2D eigenvalue weighted by atomic mass is 10.2. The molecule has 0 amide bonds. The zero-order valence-electron chi connectivity index (χ0n) is 9.27. The molecule has 0 aromatic heterocycles. The van der Waals surface area contributed by atoms with E-state index in [0.717, 1.165) is 24.2 Å². The van der Waals surface area contributed by atoms with Gasteiger partial charge in [-0.05, 0) is 31.9 Å². The number of hydrogen-bond acceptors (Lipinski definition) is 1. The van der Waals surface area contributed by atoms with Crippen LogP contribution < -0.4 is 0 Å². The third-order valence-electron chi connectivity index (χ3n) is 2.08. The normalized spacial score (nSPS) is 13.2. The van der Waals surface area contributed by atoms with Crippen LogP contribution in [0.2, 0.25) is 0 Å². The topological polar surface area (TPSA) is 29.4 Å². The van der Waals surface area contributed by atoms with E-state index in [0.29, 0.717) is 0 Å². The van der Waals surface area contributed by atoms with Gasteiger partial charge in [-0.25, -0.2) is 4.21 Å². The fraction of sp³-hybridized carbons (Fsp3) is 0.417. The van der Waals surface area contributed by atoms with E-state index >= 15 is 0 Å². The lowest BCUT2D eigenvalue weighted by Crippen LogP contribution is -1.88. The summed E-state index contributed by atoms with van der Waals surface area (Å²) < 4.78 is 15.6. The van der Waals surface area contributed by atoms with E-state index in [1.54, 1.807) is 6.21 Å². The molecule has 15 heavy (non-hydrogen) atoms. The van der Waals surface area contributed by atoms with Crippen LogP contribution in [-0.4, -0.2) is 10.4 Å². The second kappa shape index (κ2) is 6.51. The molecule has 0 heterocycles. The summed E-state index contributed by atoms with van der Waals surface area (Å²) in [6.45, 7) is 4.14. The molecule has 0 saturated heterocycles. The molecule has 0 fully saturated rings. The van der Waals surface area contributed by atoms with Gasteiger partial charge in [0.1, 0.15) is 0 Å². The van der Waals surface area contributed by atoms with Crippen LogP contribution in [0.5, 0.6) is 0 Å². The van der Waals surface area contributed by atoms with Gasteiger partial charge in [-0.2, -0.15) is 4.40 Å². The van der Waals surface area contributed by atoms with Crippen molar-refractivity contribution < 1.29 is 4.21 Å². The lowest BCUT2D eigenvalue weighted by Gasteiger charge is -1.96. The second-order valence-electron chi connectivity index (χ2n) is 3.49. The molecular formula is C12H17NOS. The van der Waals surface area contributed by atoms with Crippen molar-refractivity contribution in [3.05, 3.63) is 29.8 Å². The minimum atomic E-state index is -1.23. The van der Waals surface area contributed by atoms with Crippen molar-refractivity contribution in [1.82, 2.24) is 0 Å². The van der Waals surface area contributed by atoms with E-state index < -0.39 is 11.0 Å². The summed E-state index contributed by atoms with van der Waals surface area (Å²) in [5.74, 6) is 0. The number of aryl methyl sites for hydroxylation is 1. The highest BCUT2D eigenvalue weighted by Gasteiger charge is 1.98. The summed E-state index contributed by atoms with van der Waals surface area (Å²) >= 11 is 0. The van der Waals surface area contributed by atoms with Gasteiger partial charge in [0.05, 0.1) is 4.90 Å². The molecule has 0 aliphatic heterocycles. The van der Waals surface area contributed by atoms with Gasteiger partial charge in [0.15, 0.2) is 11.0 Å². The number of unbranched alkanes of at least 4 members (excludes halogenated alkanes) is 2. The van der Waals surface area contributed by atoms with Gasteiger partial charge in [-0.1, -0.05) is 31.0 Å². The molecule has 0 bridgehead atoms. The van der Waals surface area contributed by atoms with Crippen molar-refractivity contribution in [2.75, 3.05) is 0 Å². The maximum atomic E-state index is 11.6. The Morgan fingerprint density at radius 3 is 2.60 bits per heavy atom. The van der Waals surface area contributed by atoms with Crippen LogP contribution in [0.25, 0.3) is 0 Å². The third-order valence-corrected chi connectivity index (χ3v) is 3.10. The molecule has 0 unspecified atom stereocenters. The van der Waals surface area contributed by atoms with Crippen LogP contribution in [0.1, 0.15) is 31.7 Å². The zero-order chi connectivity index (χ0) is 11.1. The van der Waals surface area contributed by atoms with Crippen molar-refractivity contribution in [2.45, 2.75) is 38.0 Å². The van der Waals surface area contributed by atoms with Crippen molar-refractivity contribution in [1.29, 1.82) is 0 Å². The van der Waals surface area contributed by atoms with Crippen LogP contribution in [0.15, 0.2) is 33.6 Å². The predicted molar refractivity (Wildman–Crippen MR) is 65.6 cm³/mol. The third kappa shape index (κ3) is 4.38. The Balaban J connectivity index is 2.53.